The molecule has 0 unspecified atom stereocenters. The Morgan fingerprint density at radius 1 is 1.27 bits per heavy atom. The first-order chi connectivity index (χ1) is 7.36. The van der Waals surface area contributed by atoms with Crippen LogP contribution >= 0.6 is 0 Å². The van der Waals surface area contributed by atoms with E-state index in [2.05, 4.69) is 5.32 Å². The number of ether oxygens (including phenoxy) is 1. The molecule has 1 aromatic rings. The van der Waals surface area contributed by atoms with Crippen molar-refractivity contribution < 1.29 is 9.53 Å². The number of anilines is 1. The van der Waals surface area contributed by atoms with Gasteiger partial charge in [0.25, 0.3) is 5.91 Å². The van der Waals surface area contributed by atoms with Gasteiger partial charge in [-0.2, -0.15) is 0 Å². The van der Waals surface area contributed by atoms with Crippen LogP contribution in [0.3, 0.4) is 0 Å². The van der Waals surface area contributed by atoms with Gasteiger partial charge in [-0.15, -0.1) is 0 Å². The van der Waals surface area contributed by atoms with Crippen molar-refractivity contribution in [3.63, 3.8) is 0 Å². The molecule has 0 saturated heterocycles. The number of para-hydroxylation sites is 1. The summed E-state index contributed by atoms with van der Waals surface area (Å²) in [6.07, 6.45) is 3.74. The second-order valence-corrected chi connectivity index (χ2v) is 3.38. The number of hydrogen-bond donors (Lipinski definition) is 1. The fourth-order valence-electron chi connectivity index (χ4n) is 1.43. The fraction of sp³-hybridized carbons (Fsp3) is 0.250. The molecule has 15 heavy (non-hydrogen) atoms. The zero-order chi connectivity index (χ0) is 10.5. The van der Waals surface area contributed by atoms with Crippen LogP contribution in [0.5, 0.6) is 0 Å². The second kappa shape index (κ2) is 4.64. The number of amides is 1. The molecule has 1 aliphatic rings. The molecule has 1 heterocycles. The van der Waals surface area contributed by atoms with Crippen molar-refractivity contribution >= 4 is 11.6 Å². The number of rotatable bonds is 2. The Morgan fingerprint density at radius 3 is 2.73 bits per heavy atom. The highest BCUT2D eigenvalue weighted by Gasteiger charge is 2.13. The highest BCUT2D eigenvalue weighted by Crippen LogP contribution is 2.13. The average molecular weight is 203 g/mol. The third-order valence-electron chi connectivity index (χ3n) is 2.19. The highest BCUT2D eigenvalue weighted by molar-refractivity contribution is 6.02. The zero-order valence-corrected chi connectivity index (χ0v) is 8.40. The van der Waals surface area contributed by atoms with Crippen LogP contribution in [0.4, 0.5) is 5.69 Å². The van der Waals surface area contributed by atoms with E-state index in [0.29, 0.717) is 12.4 Å². The molecule has 0 spiro atoms. The average Bonchev–Trinajstić information content (AvgIpc) is 2.31. The highest BCUT2D eigenvalue weighted by atomic mass is 16.5. The SMILES string of the molecule is O=C(Nc1ccccc1)C1=CCCCO1. The topological polar surface area (TPSA) is 38.3 Å². The Kier molecular flexibility index (Phi) is 3.02. The van der Waals surface area contributed by atoms with Crippen LogP contribution in [-0.4, -0.2) is 12.5 Å². The van der Waals surface area contributed by atoms with E-state index in [1.54, 1.807) is 0 Å². The lowest BCUT2D eigenvalue weighted by Crippen LogP contribution is -2.18. The van der Waals surface area contributed by atoms with Crippen LogP contribution in [0.1, 0.15) is 12.8 Å². The van der Waals surface area contributed by atoms with Crippen molar-refractivity contribution in [1.29, 1.82) is 0 Å². The first kappa shape index (κ1) is 9.77. The number of allylic oxidation sites excluding steroid dienone is 1. The van der Waals surface area contributed by atoms with Gasteiger partial charge in [0.1, 0.15) is 0 Å². The normalized spacial score (nSPS) is 15.1. The Labute approximate surface area is 88.8 Å². The lowest BCUT2D eigenvalue weighted by atomic mass is 10.2. The van der Waals surface area contributed by atoms with Crippen LogP contribution in [0, 0.1) is 0 Å². The van der Waals surface area contributed by atoms with Crippen molar-refractivity contribution in [1.82, 2.24) is 0 Å². The zero-order valence-electron chi connectivity index (χ0n) is 8.40. The minimum Gasteiger partial charge on any atom is -0.488 e. The molecule has 0 aromatic heterocycles. The van der Waals surface area contributed by atoms with Crippen molar-refractivity contribution in [3.05, 3.63) is 42.2 Å². The number of nitrogens with one attached hydrogen (secondary N) is 1. The summed E-state index contributed by atoms with van der Waals surface area (Å²) in [6.45, 7) is 0.633. The molecule has 0 bridgehead atoms. The van der Waals surface area contributed by atoms with E-state index in [0.717, 1.165) is 18.5 Å². The summed E-state index contributed by atoms with van der Waals surface area (Å²) < 4.78 is 5.26. The van der Waals surface area contributed by atoms with Gasteiger partial charge in [-0.1, -0.05) is 18.2 Å². The molecule has 0 radical (unpaired) electrons. The molecule has 1 aliphatic heterocycles. The van der Waals surface area contributed by atoms with E-state index in [4.69, 9.17) is 4.74 Å². The number of hydrogen-bond acceptors (Lipinski definition) is 2. The van der Waals surface area contributed by atoms with Crippen LogP contribution in [0.2, 0.25) is 0 Å². The standard InChI is InChI=1S/C12H13NO2/c14-12(11-8-4-5-9-15-11)13-10-6-2-1-3-7-10/h1-3,6-8H,4-5,9H2,(H,13,14). The van der Waals surface area contributed by atoms with Gasteiger partial charge < -0.3 is 10.1 Å². The van der Waals surface area contributed by atoms with Gasteiger partial charge in [-0.05, 0) is 31.1 Å². The van der Waals surface area contributed by atoms with Gasteiger partial charge >= 0.3 is 0 Å². The molecule has 1 N–H and O–H groups in total. The molecule has 1 aromatic carbocycles. The fourth-order valence-corrected chi connectivity index (χ4v) is 1.43. The summed E-state index contributed by atoms with van der Waals surface area (Å²) in [4.78, 5) is 11.7. The van der Waals surface area contributed by atoms with Gasteiger partial charge in [0, 0.05) is 5.69 Å². The number of carbonyl (C=O) groups excluding carboxylic acids is 1. The molecule has 0 saturated carbocycles. The predicted molar refractivity (Wildman–Crippen MR) is 58.3 cm³/mol. The largest absolute Gasteiger partial charge is 0.488 e. The first-order valence-corrected chi connectivity index (χ1v) is 5.05. The molecule has 78 valence electrons. The van der Waals surface area contributed by atoms with E-state index in [-0.39, 0.29) is 5.91 Å². The number of carbonyl (C=O) groups is 1. The van der Waals surface area contributed by atoms with Crippen LogP contribution in [0.25, 0.3) is 0 Å². The molecule has 0 atom stereocenters. The van der Waals surface area contributed by atoms with E-state index in [1.165, 1.54) is 0 Å². The molecule has 3 nitrogen and oxygen atoms in total. The van der Waals surface area contributed by atoms with E-state index < -0.39 is 0 Å². The molecular weight excluding hydrogens is 190 g/mol. The monoisotopic (exact) mass is 203 g/mol. The predicted octanol–water partition coefficient (Wildman–Crippen LogP) is 2.32. The minimum absolute atomic E-state index is 0.166. The summed E-state index contributed by atoms with van der Waals surface area (Å²) >= 11 is 0. The van der Waals surface area contributed by atoms with Gasteiger partial charge in [0.15, 0.2) is 5.76 Å². The molecule has 2 rings (SSSR count). The quantitative estimate of drug-likeness (QED) is 0.801. The lowest BCUT2D eigenvalue weighted by Gasteiger charge is -2.14. The maximum atomic E-state index is 11.7. The van der Waals surface area contributed by atoms with Crippen LogP contribution in [-0.2, 0) is 9.53 Å². The first-order valence-electron chi connectivity index (χ1n) is 5.05. The Morgan fingerprint density at radius 2 is 2.07 bits per heavy atom. The van der Waals surface area contributed by atoms with E-state index in [9.17, 15) is 4.79 Å². The molecule has 1 amide bonds. The molecule has 0 fully saturated rings. The van der Waals surface area contributed by atoms with Gasteiger partial charge in [0.05, 0.1) is 6.61 Å². The maximum Gasteiger partial charge on any atom is 0.290 e. The van der Waals surface area contributed by atoms with Crippen molar-refractivity contribution in [2.24, 2.45) is 0 Å². The van der Waals surface area contributed by atoms with Gasteiger partial charge in [-0.25, -0.2) is 0 Å². The third-order valence-corrected chi connectivity index (χ3v) is 2.19. The van der Waals surface area contributed by atoms with Gasteiger partial charge in [0.2, 0.25) is 0 Å². The summed E-state index contributed by atoms with van der Waals surface area (Å²) in [7, 11) is 0. The summed E-state index contributed by atoms with van der Waals surface area (Å²) in [5, 5.41) is 2.78. The molecule has 3 heteroatoms. The number of benzene rings is 1. The Balaban J connectivity index is 2.00. The van der Waals surface area contributed by atoms with Crippen molar-refractivity contribution in [2.75, 3.05) is 11.9 Å². The summed E-state index contributed by atoms with van der Waals surface area (Å²) in [6, 6.07) is 9.37. The van der Waals surface area contributed by atoms with Crippen molar-refractivity contribution in [3.8, 4) is 0 Å². The molecule has 0 aliphatic carbocycles. The minimum atomic E-state index is -0.166. The Hall–Kier alpha value is -1.77. The maximum absolute atomic E-state index is 11.7. The third kappa shape index (κ3) is 2.59. The Bertz CT molecular complexity index is 370. The summed E-state index contributed by atoms with van der Waals surface area (Å²) in [5.74, 6) is 0.269. The van der Waals surface area contributed by atoms with Crippen LogP contribution in [0.15, 0.2) is 42.2 Å². The smallest absolute Gasteiger partial charge is 0.290 e. The van der Waals surface area contributed by atoms with Gasteiger partial charge in [-0.3, -0.25) is 4.79 Å². The lowest BCUT2D eigenvalue weighted by molar-refractivity contribution is -0.116. The molecular formula is C12H13NO2. The second-order valence-electron chi connectivity index (χ2n) is 3.38. The van der Waals surface area contributed by atoms with E-state index in [1.807, 2.05) is 36.4 Å². The summed E-state index contributed by atoms with van der Waals surface area (Å²) in [5.41, 5.74) is 0.789. The van der Waals surface area contributed by atoms with E-state index >= 15 is 0 Å². The van der Waals surface area contributed by atoms with Crippen molar-refractivity contribution in [2.45, 2.75) is 12.8 Å². The van der Waals surface area contributed by atoms with Crippen LogP contribution < -0.4 is 5.32 Å².